The molecule has 0 spiro atoms. The maximum absolute atomic E-state index is 12.5. The van der Waals surface area contributed by atoms with Gasteiger partial charge in [0.2, 0.25) is 5.82 Å². The molecule has 0 saturated heterocycles. The summed E-state index contributed by atoms with van der Waals surface area (Å²) in [5, 5.41) is 25.8. The number of anilines is 1. The van der Waals surface area contributed by atoms with E-state index in [9.17, 15) is 9.59 Å². The molecule has 12 nitrogen and oxygen atoms in total. The number of amides is 2. The number of carbonyl (C=O) groups excluding carboxylic acids is 2. The van der Waals surface area contributed by atoms with E-state index in [2.05, 4.69) is 36.2 Å². The molecule has 0 unspecified atom stereocenters. The molecule has 3 aromatic heterocycles. The number of benzene rings is 1. The maximum atomic E-state index is 12.5. The van der Waals surface area contributed by atoms with E-state index >= 15 is 0 Å². The van der Waals surface area contributed by atoms with Crippen molar-refractivity contribution in [3.05, 3.63) is 60.2 Å². The fourth-order valence-electron chi connectivity index (χ4n) is 2.75. The lowest BCUT2D eigenvalue weighted by molar-refractivity contribution is 0.0958. The number of tetrazole rings is 1. The number of aromatic nitrogens is 8. The van der Waals surface area contributed by atoms with Gasteiger partial charge in [-0.2, -0.15) is 10.2 Å². The summed E-state index contributed by atoms with van der Waals surface area (Å²) < 4.78 is 2.95. The minimum Gasteiger partial charge on any atom is -0.354 e. The molecule has 0 aliphatic heterocycles. The van der Waals surface area contributed by atoms with Crippen LogP contribution in [0.25, 0.3) is 11.4 Å². The Hall–Kier alpha value is -4.35. The highest BCUT2D eigenvalue weighted by molar-refractivity contribution is 6.07. The first-order chi connectivity index (χ1) is 14.5. The zero-order chi connectivity index (χ0) is 21.1. The standard InChI is InChI=1S/C18H18N10O2/c1-19-18(30)15-14(10-26(2)23-15)20-17(29)13-8-9-27(22-13)11-28-24-16(21-25-28)12-6-4-3-5-7-12/h3-10H,11H2,1-2H3,(H,19,30)(H,20,29). The van der Waals surface area contributed by atoms with Gasteiger partial charge in [-0.25, -0.2) is 4.68 Å². The van der Waals surface area contributed by atoms with E-state index in [0.29, 0.717) is 11.5 Å². The molecule has 0 radical (unpaired) electrons. The summed E-state index contributed by atoms with van der Waals surface area (Å²) in [5.41, 5.74) is 1.44. The fourth-order valence-corrected chi connectivity index (χ4v) is 2.75. The van der Waals surface area contributed by atoms with Crippen LogP contribution in [0.2, 0.25) is 0 Å². The number of aryl methyl sites for hydroxylation is 1. The SMILES string of the molecule is CNC(=O)c1nn(C)cc1NC(=O)c1ccn(Cn2nnc(-c3ccccc3)n2)n1. The fraction of sp³-hybridized carbons (Fsp3) is 0.167. The molecule has 0 aliphatic rings. The Balaban J connectivity index is 1.45. The van der Waals surface area contributed by atoms with Gasteiger partial charge in [-0.05, 0) is 11.3 Å². The molecule has 3 heterocycles. The summed E-state index contributed by atoms with van der Waals surface area (Å²) in [5.74, 6) is -0.370. The molecule has 2 amide bonds. The molecule has 2 N–H and O–H groups in total. The molecule has 0 fully saturated rings. The van der Waals surface area contributed by atoms with Crippen molar-refractivity contribution in [2.45, 2.75) is 6.67 Å². The molecule has 4 rings (SSSR count). The average Bonchev–Trinajstić information content (AvgIpc) is 3.49. The van der Waals surface area contributed by atoms with Crippen LogP contribution in [0.15, 0.2) is 48.8 Å². The third kappa shape index (κ3) is 3.92. The lowest BCUT2D eigenvalue weighted by Crippen LogP contribution is -2.22. The monoisotopic (exact) mass is 406 g/mol. The quantitative estimate of drug-likeness (QED) is 0.472. The van der Waals surface area contributed by atoms with Gasteiger partial charge in [0.05, 0.1) is 5.69 Å². The lowest BCUT2D eigenvalue weighted by Gasteiger charge is -2.03. The molecular weight excluding hydrogens is 388 g/mol. The van der Waals surface area contributed by atoms with Crippen LogP contribution in [0, 0.1) is 0 Å². The normalized spacial score (nSPS) is 10.7. The van der Waals surface area contributed by atoms with Crippen molar-refractivity contribution < 1.29 is 9.59 Å². The van der Waals surface area contributed by atoms with Gasteiger partial charge in [-0.15, -0.1) is 15.0 Å². The first-order valence-electron chi connectivity index (χ1n) is 8.97. The third-order valence-corrected chi connectivity index (χ3v) is 4.15. The van der Waals surface area contributed by atoms with Crippen LogP contribution < -0.4 is 10.6 Å². The summed E-state index contributed by atoms with van der Waals surface area (Å²) in [7, 11) is 3.15. The van der Waals surface area contributed by atoms with E-state index < -0.39 is 11.8 Å². The smallest absolute Gasteiger partial charge is 0.276 e. The number of hydrogen-bond donors (Lipinski definition) is 2. The molecule has 30 heavy (non-hydrogen) atoms. The van der Waals surface area contributed by atoms with Crippen molar-refractivity contribution >= 4 is 17.5 Å². The summed E-state index contributed by atoms with van der Waals surface area (Å²) in [6, 6.07) is 11.0. The van der Waals surface area contributed by atoms with Crippen LogP contribution in [0.5, 0.6) is 0 Å². The molecule has 0 saturated carbocycles. The largest absolute Gasteiger partial charge is 0.354 e. The van der Waals surface area contributed by atoms with E-state index in [0.717, 1.165) is 5.56 Å². The Kier molecular flexibility index (Phi) is 5.03. The molecule has 152 valence electrons. The summed E-state index contributed by atoms with van der Waals surface area (Å²) in [6.07, 6.45) is 3.17. The van der Waals surface area contributed by atoms with Crippen LogP contribution in [0.3, 0.4) is 0 Å². The summed E-state index contributed by atoms with van der Waals surface area (Å²) in [4.78, 5) is 25.8. The molecule has 12 heteroatoms. The van der Waals surface area contributed by atoms with Gasteiger partial charge in [0.1, 0.15) is 0 Å². The van der Waals surface area contributed by atoms with Crippen LogP contribution in [-0.4, -0.2) is 58.6 Å². The van der Waals surface area contributed by atoms with Crippen LogP contribution in [-0.2, 0) is 13.7 Å². The van der Waals surface area contributed by atoms with Gasteiger partial charge in [0.15, 0.2) is 18.1 Å². The molecule has 0 bridgehead atoms. The Morgan fingerprint density at radius 2 is 1.83 bits per heavy atom. The van der Waals surface area contributed by atoms with E-state index in [4.69, 9.17) is 0 Å². The van der Waals surface area contributed by atoms with E-state index in [1.807, 2.05) is 30.3 Å². The van der Waals surface area contributed by atoms with Crippen LogP contribution >= 0.6 is 0 Å². The number of hydrogen-bond acceptors (Lipinski definition) is 7. The van der Waals surface area contributed by atoms with Gasteiger partial charge in [0, 0.05) is 32.1 Å². The summed E-state index contributed by atoms with van der Waals surface area (Å²) >= 11 is 0. The number of nitrogens with zero attached hydrogens (tertiary/aromatic N) is 8. The van der Waals surface area contributed by atoms with Crippen molar-refractivity contribution in [2.75, 3.05) is 12.4 Å². The van der Waals surface area contributed by atoms with Crippen molar-refractivity contribution in [1.82, 2.24) is 45.1 Å². The maximum Gasteiger partial charge on any atom is 0.276 e. The molecule has 4 aromatic rings. The number of carbonyl (C=O) groups is 2. The Labute approximate surface area is 170 Å². The topological polar surface area (TPSA) is 137 Å². The zero-order valence-corrected chi connectivity index (χ0v) is 16.2. The zero-order valence-electron chi connectivity index (χ0n) is 16.2. The van der Waals surface area contributed by atoms with Gasteiger partial charge in [-0.1, -0.05) is 30.3 Å². The highest BCUT2D eigenvalue weighted by Crippen LogP contribution is 2.14. The first-order valence-corrected chi connectivity index (χ1v) is 8.97. The highest BCUT2D eigenvalue weighted by Gasteiger charge is 2.19. The second-order valence-electron chi connectivity index (χ2n) is 6.33. The summed E-state index contributed by atoms with van der Waals surface area (Å²) in [6.45, 7) is 0.184. The van der Waals surface area contributed by atoms with Crippen molar-refractivity contribution in [3.63, 3.8) is 0 Å². The van der Waals surface area contributed by atoms with Gasteiger partial charge in [0.25, 0.3) is 11.8 Å². The molecular formula is C18H18N10O2. The van der Waals surface area contributed by atoms with Crippen LogP contribution in [0.1, 0.15) is 21.0 Å². The average molecular weight is 406 g/mol. The van der Waals surface area contributed by atoms with Crippen molar-refractivity contribution in [1.29, 1.82) is 0 Å². The van der Waals surface area contributed by atoms with E-state index in [1.165, 1.54) is 21.2 Å². The number of nitrogens with one attached hydrogen (secondary N) is 2. The second kappa shape index (κ2) is 7.95. The minimum absolute atomic E-state index is 0.119. The minimum atomic E-state index is -0.469. The lowest BCUT2D eigenvalue weighted by atomic mass is 10.2. The second-order valence-corrected chi connectivity index (χ2v) is 6.33. The van der Waals surface area contributed by atoms with Crippen LogP contribution in [0.4, 0.5) is 5.69 Å². The van der Waals surface area contributed by atoms with Gasteiger partial charge in [-0.3, -0.25) is 14.3 Å². The predicted molar refractivity (Wildman–Crippen MR) is 105 cm³/mol. The van der Waals surface area contributed by atoms with Crippen molar-refractivity contribution in [2.24, 2.45) is 7.05 Å². The molecule has 0 atom stereocenters. The Morgan fingerprint density at radius 3 is 2.60 bits per heavy atom. The van der Waals surface area contributed by atoms with E-state index in [-0.39, 0.29) is 18.1 Å². The van der Waals surface area contributed by atoms with Gasteiger partial charge >= 0.3 is 0 Å². The number of rotatable bonds is 6. The van der Waals surface area contributed by atoms with E-state index in [1.54, 1.807) is 25.5 Å². The predicted octanol–water partition coefficient (Wildman–Crippen LogP) is 0.388. The first kappa shape index (κ1) is 19.0. The Bertz CT molecular complexity index is 1190. The molecule has 1 aromatic carbocycles. The Morgan fingerprint density at radius 1 is 1.03 bits per heavy atom. The van der Waals surface area contributed by atoms with Gasteiger partial charge < -0.3 is 10.6 Å². The molecule has 0 aliphatic carbocycles. The third-order valence-electron chi connectivity index (χ3n) is 4.15. The van der Waals surface area contributed by atoms with Crippen molar-refractivity contribution in [3.8, 4) is 11.4 Å². The highest BCUT2D eigenvalue weighted by atomic mass is 16.2.